The van der Waals surface area contributed by atoms with Crippen molar-refractivity contribution in [1.82, 2.24) is 9.88 Å². The van der Waals surface area contributed by atoms with Gasteiger partial charge in [0, 0.05) is 29.1 Å². The Morgan fingerprint density at radius 2 is 2.05 bits per heavy atom. The van der Waals surface area contributed by atoms with Crippen LogP contribution in [0, 0.1) is 0 Å². The molecule has 0 spiro atoms. The van der Waals surface area contributed by atoms with Crippen molar-refractivity contribution in [2.75, 3.05) is 31.5 Å². The molecule has 0 atom stereocenters. The number of hydrogen-bond acceptors (Lipinski definition) is 3. The largest absolute Gasteiger partial charge is 0.382 e. The third-order valence-electron chi connectivity index (χ3n) is 3.32. The summed E-state index contributed by atoms with van der Waals surface area (Å²) in [5.41, 5.74) is 2.14. The van der Waals surface area contributed by atoms with Crippen LogP contribution < -0.4 is 5.32 Å². The number of fused-ring (bicyclic) bond motifs is 1. The van der Waals surface area contributed by atoms with E-state index >= 15 is 0 Å². The second-order valence-electron chi connectivity index (χ2n) is 4.48. The Hall–Kier alpha value is -1.13. The first kappa shape index (κ1) is 14.3. The Morgan fingerprint density at radius 3 is 2.79 bits per heavy atom. The van der Waals surface area contributed by atoms with Crippen LogP contribution in [0.3, 0.4) is 0 Å². The normalized spacial score (nSPS) is 11.2. The average molecular weight is 322 g/mol. The van der Waals surface area contributed by atoms with Crippen LogP contribution in [-0.4, -0.2) is 36.1 Å². The maximum Gasteiger partial charge on any atom is 0.0934 e. The van der Waals surface area contributed by atoms with Crippen molar-refractivity contribution in [2.45, 2.75) is 13.8 Å². The Morgan fingerprint density at radius 1 is 1.26 bits per heavy atom. The molecule has 0 fully saturated rings. The van der Waals surface area contributed by atoms with Crippen molar-refractivity contribution in [3.05, 3.63) is 34.9 Å². The number of pyridine rings is 1. The lowest BCUT2D eigenvalue weighted by atomic mass is 10.2. The molecule has 4 heteroatoms. The molecule has 1 aromatic heterocycles. The number of aromatic nitrogens is 1. The summed E-state index contributed by atoms with van der Waals surface area (Å²) < 4.78 is 1.01. The van der Waals surface area contributed by atoms with E-state index in [1.807, 2.05) is 6.20 Å². The summed E-state index contributed by atoms with van der Waals surface area (Å²) in [4.78, 5) is 6.90. The molecule has 19 heavy (non-hydrogen) atoms. The van der Waals surface area contributed by atoms with Gasteiger partial charge in [-0.15, -0.1) is 0 Å². The zero-order valence-electron chi connectivity index (χ0n) is 11.5. The van der Waals surface area contributed by atoms with Crippen molar-refractivity contribution < 1.29 is 0 Å². The number of anilines is 1. The molecular weight excluding hydrogens is 302 g/mol. The number of likely N-dealkylation sites (N-methyl/N-ethyl adjacent to an activating group) is 1. The molecule has 102 valence electrons. The summed E-state index contributed by atoms with van der Waals surface area (Å²) in [6, 6.07) is 8.34. The SMILES string of the molecule is CCN(CC)CCNc1cccc2cc(Br)cnc12. The van der Waals surface area contributed by atoms with E-state index in [0.29, 0.717) is 0 Å². The molecule has 0 aliphatic rings. The minimum Gasteiger partial charge on any atom is -0.382 e. The zero-order chi connectivity index (χ0) is 13.7. The van der Waals surface area contributed by atoms with Gasteiger partial charge in [-0.25, -0.2) is 0 Å². The number of halogens is 1. The van der Waals surface area contributed by atoms with Gasteiger partial charge in [0.25, 0.3) is 0 Å². The van der Waals surface area contributed by atoms with Gasteiger partial charge in [-0.1, -0.05) is 26.0 Å². The van der Waals surface area contributed by atoms with Crippen molar-refractivity contribution in [3.8, 4) is 0 Å². The summed E-state index contributed by atoms with van der Waals surface area (Å²) in [6.07, 6.45) is 1.85. The third-order valence-corrected chi connectivity index (χ3v) is 3.75. The highest BCUT2D eigenvalue weighted by atomic mass is 79.9. The number of hydrogen-bond donors (Lipinski definition) is 1. The van der Waals surface area contributed by atoms with Gasteiger partial charge in [0.05, 0.1) is 11.2 Å². The fraction of sp³-hybridized carbons (Fsp3) is 0.400. The number of nitrogens with zero attached hydrogens (tertiary/aromatic N) is 2. The summed E-state index contributed by atoms with van der Waals surface area (Å²) in [7, 11) is 0. The van der Waals surface area contributed by atoms with Gasteiger partial charge < -0.3 is 10.2 Å². The lowest BCUT2D eigenvalue weighted by molar-refractivity contribution is 0.316. The molecule has 1 heterocycles. The number of rotatable bonds is 6. The topological polar surface area (TPSA) is 28.2 Å². The second kappa shape index (κ2) is 6.87. The molecule has 0 aliphatic carbocycles. The van der Waals surface area contributed by atoms with Gasteiger partial charge in [0.1, 0.15) is 0 Å². The minimum atomic E-state index is 0.943. The van der Waals surface area contributed by atoms with Crippen LogP contribution >= 0.6 is 15.9 Å². The van der Waals surface area contributed by atoms with E-state index in [-0.39, 0.29) is 0 Å². The standard InChI is InChI=1S/C15H20BrN3/c1-3-19(4-2)9-8-17-14-7-5-6-12-10-13(16)11-18-15(12)14/h5-7,10-11,17H,3-4,8-9H2,1-2H3. The molecule has 0 saturated heterocycles. The third kappa shape index (κ3) is 3.67. The highest BCUT2D eigenvalue weighted by Gasteiger charge is 2.03. The smallest absolute Gasteiger partial charge is 0.0934 e. The molecule has 1 N–H and O–H groups in total. The van der Waals surface area contributed by atoms with Gasteiger partial charge in [0.2, 0.25) is 0 Å². The maximum atomic E-state index is 4.50. The molecule has 0 saturated carbocycles. The number of nitrogens with one attached hydrogen (secondary N) is 1. The fourth-order valence-electron chi connectivity index (χ4n) is 2.17. The first-order valence-electron chi connectivity index (χ1n) is 6.75. The quantitative estimate of drug-likeness (QED) is 0.878. The summed E-state index contributed by atoms with van der Waals surface area (Å²) in [5, 5.41) is 4.64. The van der Waals surface area contributed by atoms with Gasteiger partial charge in [0.15, 0.2) is 0 Å². The van der Waals surface area contributed by atoms with Crippen molar-refractivity contribution in [3.63, 3.8) is 0 Å². The van der Waals surface area contributed by atoms with E-state index in [1.165, 1.54) is 0 Å². The Labute approximate surface area is 123 Å². The molecule has 0 aliphatic heterocycles. The van der Waals surface area contributed by atoms with Crippen LogP contribution in [-0.2, 0) is 0 Å². The molecule has 2 aromatic rings. The van der Waals surface area contributed by atoms with Crippen LogP contribution in [0.2, 0.25) is 0 Å². The molecule has 2 rings (SSSR count). The van der Waals surface area contributed by atoms with E-state index in [4.69, 9.17) is 0 Å². The predicted octanol–water partition coefficient (Wildman–Crippen LogP) is 3.75. The van der Waals surface area contributed by atoms with Gasteiger partial charge in [-0.05, 0) is 41.2 Å². The van der Waals surface area contributed by atoms with Crippen LogP contribution in [0.1, 0.15) is 13.8 Å². The zero-order valence-corrected chi connectivity index (χ0v) is 13.1. The molecule has 1 aromatic carbocycles. The highest BCUT2D eigenvalue weighted by molar-refractivity contribution is 9.10. The molecule has 0 amide bonds. The van der Waals surface area contributed by atoms with Crippen LogP contribution in [0.25, 0.3) is 10.9 Å². The summed E-state index contributed by atoms with van der Waals surface area (Å²) in [6.45, 7) is 8.58. The van der Waals surface area contributed by atoms with Crippen LogP contribution in [0.5, 0.6) is 0 Å². The fourth-order valence-corrected chi connectivity index (χ4v) is 2.51. The number of benzene rings is 1. The first-order valence-corrected chi connectivity index (χ1v) is 7.54. The van der Waals surface area contributed by atoms with Crippen LogP contribution in [0.4, 0.5) is 5.69 Å². The average Bonchev–Trinajstić information content (AvgIpc) is 2.43. The van der Waals surface area contributed by atoms with E-state index in [9.17, 15) is 0 Å². The Bertz CT molecular complexity index is 538. The van der Waals surface area contributed by atoms with Gasteiger partial charge in [-0.2, -0.15) is 0 Å². The van der Waals surface area contributed by atoms with E-state index in [2.05, 4.69) is 69.2 Å². The van der Waals surface area contributed by atoms with E-state index in [1.54, 1.807) is 0 Å². The number of para-hydroxylation sites is 1. The molecular formula is C15H20BrN3. The lowest BCUT2D eigenvalue weighted by Gasteiger charge is -2.18. The highest BCUT2D eigenvalue weighted by Crippen LogP contribution is 2.23. The molecule has 0 bridgehead atoms. The predicted molar refractivity (Wildman–Crippen MR) is 85.7 cm³/mol. The monoisotopic (exact) mass is 321 g/mol. The minimum absolute atomic E-state index is 0.943. The van der Waals surface area contributed by atoms with Crippen molar-refractivity contribution >= 4 is 32.5 Å². The van der Waals surface area contributed by atoms with E-state index in [0.717, 1.165) is 47.2 Å². The summed E-state index contributed by atoms with van der Waals surface area (Å²) in [5.74, 6) is 0. The second-order valence-corrected chi connectivity index (χ2v) is 5.40. The lowest BCUT2D eigenvalue weighted by Crippen LogP contribution is -2.28. The molecule has 3 nitrogen and oxygen atoms in total. The Kier molecular flexibility index (Phi) is 5.16. The van der Waals surface area contributed by atoms with Gasteiger partial charge >= 0.3 is 0 Å². The maximum absolute atomic E-state index is 4.50. The first-order chi connectivity index (χ1) is 9.24. The summed E-state index contributed by atoms with van der Waals surface area (Å²) >= 11 is 3.46. The van der Waals surface area contributed by atoms with Gasteiger partial charge in [-0.3, -0.25) is 4.98 Å². The van der Waals surface area contributed by atoms with Crippen molar-refractivity contribution in [2.24, 2.45) is 0 Å². The van der Waals surface area contributed by atoms with Crippen molar-refractivity contribution in [1.29, 1.82) is 0 Å². The Balaban J connectivity index is 2.08. The van der Waals surface area contributed by atoms with Crippen LogP contribution in [0.15, 0.2) is 34.9 Å². The molecule has 0 radical (unpaired) electrons. The molecule has 0 unspecified atom stereocenters. The van der Waals surface area contributed by atoms with E-state index < -0.39 is 0 Å².